The lowest BCUT2D eigenvalue weighted by atomic mass is 9.85. The van der Waals surface area contributed by atoms with Gasteiger partial charge in [0.25, 0.3) is 0 Å². The number of piperidine rings is 1. The van der Waals surface area contributed by atoms with Crippen LogP contribution >= 0.6 is 0 Å². The van der Waals surface area contributed by atoms with Gasteiger partial charge in [0.2, 0.25) is 0 Å². The molecule has 1 N–H and O–H groups in total. The zero-order valence-corrected chi connectivity index (χ0v) is 10.7. The number of hydrogen-bond donors (Lipinski definition) is 1. The van der Waals surface area contributed by atoms with E-state index in [1.165, 1.54) is 11.3 Å². The van der Waals surface area contributed by atoms with E-state index in [4.69, 9.17) is 0 Å². The zero-order chi connectivity index (χ0) is 12.4. The van der Waals surface area contributed by atoms with Crippen molar-refractivity contribution in [1.29, 1.82) is 5.26 Å². The van der Waals surface area contributed by atoms with E-state index in [9.17, 15) is 5.26 Å². The van der Waals surface area contributed by atoms with E-state index in [2.05, 4.69) is 40.6 Å². The van der Waals surface area contributed by atoms with E-state index in [1.54, 1.807) is 0 Å². The Morgan fingerprint density at radius 1 is 1.22 bits per heavy atom. The van der Waals surface area contributed by atoms with Gasteiger partial charge < -0.3 is 10.2 Å². The Morgan fingerprint density at radius 3 is 2.78 bits per heavy atom. The summed E-state index contributed by atoms with van der Waals surface area (Å²) < 4.78 is 0. The van der Waals surface area contributed by atoms with Crippen LogP contribution in [-0.2, 0) is 6.42 Å². The minimum Gasteiger partial charge on any atom is -0.353 e. The quantitative estimate of drug-likeness (QED) is 0.818. The molecule has 0 atom stereocenters. The molecule has 3 heteroatoms. The lowest BCUT2D eigenvalue weighted by molar-refractivity contribution is 0.350. The Morgan fingerprint density at radius 2 is 2.00 bits per heavy atom. The standard InChI is InChI=1S/C15H19N3/c16-12-15(7-9-17-10-8-15)18-11-3-5-13-4-1-2-6-14(13)18/h1-2,4,6,17H,3,5,7-11H2. The maximum atomic E-state index is 9.70. The van der Waals surface area contributed by atoms with Crippen molar-refractivity contribution < 1.29 is 0 Å². The molecular formula is C15H19N3. The van der Waals surface area contributed by atoms with Crippen molar-refractivity contribution in [1.82, 2.24) is 5.32 Å². The third kappa shape index (κ3) is 1.77. The van der Waals surface area contributed by atoms with Crippen LogP contribution in [0.3, 0.4) is 0 Å². The Hall–Kier alpha value is -1.53. The van der Waals surface area contributed by atoms with Crippen molar-refractivity contribution >= 4 is 5.69 Å². The molecule has 0 spiro atoms. The molecule has 0 bridgehead atoms. The first-order valence-corrected chi connectivity index (χ1v) is 6.83. The summed E-state index contributed by atoms with van der Waals surface area (Å²) in [5.41, 5.74) is 2.39. The molecule has 1 aromatic carbocycles. The maximum absolute atomic E-state index is 9.70. The van der Waals surface area contributed by atoms with Gasteiger partial charge in [0, 0.05) is 12.2 Å². The summed E-state index contributed by atoms with van der Waals surface area (Å²) in [4.78, 5) is 2.37. The Balaban J connectivity index is 1.99. The Labute approximate surface area is 108 Å². The highest BCUT2D eigenvalue weighted by Gasteiger charge is 2.39. The van der Waals surface area contributed by atoms with Gasteiger partial charge in [-0.2, -0.15) is 5.26 Å². The number of para-hydroxylation sites is 1. The number of rotatable bonds is 1. The molecule has 2 heterocycles. The highest BCUT2D eigenvalue weighted by molar-refractivity contribution is 5.59. The molecule has 94 valence electrons. The number of nitriles is 1. The fourth-order valence-corrected chi connectivity index (χ4v) is 3.26. The average Bonchev–Trinajstić information content (AvgIpc) is 2.47. The first-order valence-electron chi connectivity index (χ1n) is 6.83. The normalized spacial score (nSPS) is 22.1. The van der Waals surface area contributed by atoms with Gasteiger partial charge in [0.05, 0.1) is 6.07 Å². The van der Waals surface area contributed by atoms with Crippen LogP contribution in [0.15, 0.2) is 24.3 Å². The molecule has 0 aromatic heterocycles. The highest BCUT2D eigenvalue weighted by Crippen LogP contribution is 2.36. The topological polar surface area (TPSA) is 39.1 Å². The summed E-state index contributed by atoms with van der Waals surface area (Å²) in [5.74, 6) is 0. The minimum absolute atomic E-state index is 0.290. The second-order valence-corrected chi connectivity index (χ2v) is 5.28. The largest absolute Gasteiger partial charge is 0.353 e. The summed E-state index contributed by atoms with van der Waals surface area (Å²) in [7, 11) is 0. The molecule has 18 heavy (non-hydrogen) atoms. The zero-order valence-electron chi connectivity index (χ0n) is 10.7. The fraction of sp³-hybridized carbons (Fsp3) is 0.533. The summed E-state index contributed by atoms with van der Waals surface area (Å²) in [6.07, 6.45) is 4.16. The van der Waals surface area contributed by atoms with Crippen molar-refractivity contribution in [3.8, 4) is 6.07 Å². The molecule has 0 unspecified atom stereocenters. The van der Waals surface area contributed by atoms with Gasteiger partial charge in [-0.1, -0.05) is 18.2 Å². The van der Waals surface area contributed by atoms with Gasteiger partial charge >= 0.3 is 0 Å². The van der Waals surface area contributed by atoms with Gasteiger partial charge in [0.15, 0.2) is 0 Å². The van der Waals surface area contributed by atoms with Crippen LogP contribution in [0.1, 0.15) is 24.8 Å². The number of benzene rings is 1. The van der Waals surface area contributed by atoms with E-state index < -0.39 is 0 Å². The number of aryl methyl sites for hydroxylation is 1. The maximum Gasteiger partial charge on any atom is 0.130 e. The van der Waals surface area contributed by atoms with Crippen LogP contribution in [0.4, 0.5) is 5.69 Å². The van der Waals surface area contributed by atoms with Crippen molar-refractivity contribution in [3.05, 3.63) is 29.8 Å². The van der Waals surface area contributed by atoms with Crippen LogP contribution in [0, 0.1) is 11.3 Å². The van der Waals surface area contributed by atoms with E-state index in [1.807, 2.05) is 0 Å². The highest BCUT2D eigenvalue weighted by atomic mass is 15.2. The van der Waals surface area contributed by atoms with Crippen LogP contribution in [-0.4, -0.2) is 25.2 Å². The fourth-order valence-electron chi connectivity index (χ4n) is 3.26. The molecule has 1 fully saturated rings. The molecular weight excluding hydrogens is 222 g/mol. The van der Waals surface area contributed by atoms with Crippen LogP contribution < -0.4 is 10.2 Å². The van der Waals surface area contributed by atoms with E-state index in [-0.39, 0.29) is 5.54 Å². The van der Waals surface area contributed by atoms with Gasteiger partial charge in [0.1, 0.15) is 5.54 Å². The predicted octanol–water partition coefficient (Wildman–Crippen LogP) is 2.08. The smallest absolute Gasteiger partial charge is 0.130 e. The summed E-state index contributed by atoms with van der Waals surface area (Å²) in [5, 5.41) is 13.1. The Bertz CT molecular complexity index is 469. The van der Waals surface area contributed by atoms with Gasteiger partial charge in [-0.25, -0.2) is 0 Å². The van der Waals surface area contributed by atoms with Crippen LogP contribution in [0.25, 0.3) is 0 Å². The number of fused-ring (bicyclic) bond motifs is 1. The molecule has 0 amide bonds. The van der Waals surface area contributed by atoms with Crippen molar-refractivity contribution in [3.63, 3.8) is 0 Å². The lowest BCUT2D eigenvalue weighted by Crippen LogP contribution is -2.55. The van der Waals surface area contributed by atoms with E-state index >= 15 is 0 Å². The van der Waals surface area contributed by atoms with Crippen molar-refractivity contribution in [2.24, 2.45) is 0 Å². The molecule has 0 aliphatic carbocycles. The number of nitrogens with one attached hydrogen (secondary N) is 1. The summed E-state index contributed by atoms with van der Waals surface area (Å²) in [6, 6.07) is 11.2. The van der Waals surface area contributed by atoms with Gasteiger partial charge in [-0.05, 0) is 50.4 Å². The molecule has 0 saturated carbocycles. The number of nitrogens with zero attached hydrogens (tertiary/aromatic N) is 2. The van der Waals surface area contributed by atoms with Crippen molar-refractivity contribution in [2.45, 2.75) is 31.2 Å². The predicted molar refractivity (Wildman–Crippen MR) is 72.6 cm³/mol. The second kappa shape index (κ2) is 4.62. The molecule has 1 aromatic rings. The third-order valence-electron chi connectivity index (χ3n) is 4.27. The average molecular weight is 241 g/mol. The minimum atomic E-state index is -0.290. The summed E-state index contributed by atoms with van der Waals surface area (Å²) in [6.45, 7) is 2.92. The van der Waals surface area contributed by atoms with E-state index in [0.717, 1.165) is 45.3 Å². The molecule has 2 aliphatic heterocycles. The van der Waals surface area contributed by atoms with Crippen LogP contribution in [0.5, 0.6) is 0 Å². The van der Waals surface area contributed by atoms with Gasteiger partial charge in [-0.15, -0.1) is 0 Å². The molecule has 1 saturated heterocycles. The first-order chi connectivity index (χ1) is 8.86. The van der Waals surface area contributed by atoms with Crippen molar-refractivity contribution in [2.75, 3.05) is 24.5 Å². The summed E-state index contributed by atoms with van der Waals surface area (Å²) >= 11 is 0. The lowest BCUT2D eigenvalue weighted by Gasteiger charge is -2.45. The first kappa shape index (κ1) is 11.6. The second-order valence-electron chi connectivity index (χ2n) is 5.28. The Kier molecular flexibility index (Phi) is 2.97. The SMILES string of the molecule is N#CC1(N2CCCc3ccccc32)CCNCC1. The number of anilines is 1. The third-order valence-corrected chi connectivity index (χ3v) is 4.27. The van der Waals surface area contributed by atoms with Crippen LogP contribution in [0.2, 0.25) is 0 Å². The monoisotopic (exact) mass is 241 g/mol. The molecule has 3 nitrogen and oxygen atoms in total. The molecule has 0 radical (unpaired) electrons. The van der Waals surface area contributed by atoms with E-state index in [0.29, 0.717) is 0 Å². The van der Waals surface area contributed by atoms with Gasteiger partial charge in [-0.3, -0.25) is 0 Å². The number of hydrogen-bond acceptors (Lipinski definition) is 3. The molecule has 2 aliphatic rings. The molecule has 3 rings (SSSR count).